The second-order valence-corrected chi connectivity index (χ2v) is 5.06. The predicted molar refractivity (Wildman–Crippen MR) is 62.4 cm³/mol. The molecule has 0 bridgehead atoms. The zero-order valence-corrected chi connectivity index (χ0v) is 10.2. The van der Waals surface area contributed by atoms with Gasteiger partial charge in [0.1, 0.15) is 0 Å². The van der Waals surface area contributed by atoms with Crippen molar-refractivity contribution in [1.82, 2.24) is 10.3 Å². The van der Waals surface area contributed by atoms with Gasteiger partial charge in [-0.1, -0.05) is 6.92 Å². The van der Waals surface area contributed by atoms with Gasteiger partial charge >= 0.3 is 0 Å². The molecule has 0 spiro atoms. The van der Waals surface area contributed by atoms with Crippen molar-refractivity contribution in [2.45, 2.75) is 38.7 Å². The lowest BCUT2D eigenvalue weighted by Gasteiger charge is -2.24. The first-order valence-electron chi connectivity index (χ1n) is 5.90. The minimum atomic E-state index is -0.548. The summed E-state index contributed by atoms with van der Waals surface area (Å²) in [7, 11) is 0. The van der Waals surface area contributed by atoms with Crippen molar-refractivity contribution >= 4 is 5.91 Å². The van der Waals surface area contributed by atoms with Crippen molar-refractivity contribution in [2.75, 3.05) is 19.6 Å². The molecule has 94 valence electrons. The van der Waals surface area contributed by atoms with Gasteiger partial charge in [0.05, 0.1) is 5.60 Å². The second-order valence-electron chi connectivity index (χ2n) is 5.06. The fraction of sp³-hybridized carbons (Fsp3) is 0.909. The van der Waals surface area contributed by atoms with E-state index < -0.39 is 5.60 Å². The fourth-order valence-electron chi connectivity index (χ4n) is 2.11. The minimum Gasteiger partial charge on any atom is -0.390 e. The van der Waals surface area contributed by atoms with E-state index in [9.17, 15) is 9.90 Å². The smallest absolute Gasteiger partial charge is 0.237 e. The Labute approximate surface area is 97.0 Å². The molecule has 1 saturated heterocycles. The number of nitrogens with zero attached hydrogens (tertiary/aromatic N) is 1. The Morgan fingerprint density at radius 1 is 1.56 bits per heavy atom. The van der Waals surface area contributed by atoms with Crippen LogP contribution in [0.25, 0.3) is 0 Å². The molecule has 1 rings (SSSR count). The highest BCUT2D eigenvalue weighted by atomic mass is 16.3. The quantitative estimate of drug-likeness (QED) is 0.357. The van der Waals surface area contributed by atoms with Crippen LogP contribution in [0.15, 0.2) is 0 Å². The van der Waals surface area contributed by atoms with Gasteiger partial charge in [-0.2, -0.15) is 0 Å². The van der Waals surface area contributed by atoms with Crippen molar-refractivity contribution in [3.8, 4) is 0 Å². The molecule has 0 aromatic heterocycles. The molecule has 0 saturated carbocycles. The summed E-state index contributed by atoms with van der Waals surface area (Å²) >= 11 is 0. The van der Waals surface area contributed by atoms with Crippen molar-refractivity contribution in [3.63, 3.8) is 0 Å². The second kappa shape index (κ2) is 5.61. The Morgan fingerprint density at radius 2 is 2.25 bits per heavy atom. The number of rotatable bonds is 3. The van der Waals surface area contributed by atoms with E-state index in [4.69, 9.17) is 5.84 Å². The number of likely N-dealkylation sites (tertiary alicyclic amines) is 1. The van der Waals surface area contributed by atoms with E-state index in [0.29, 0.717) is 6.54 Å². The number of hydrazine groups is 1. The molecule has 4 N–H and O–H groups in total. The molecule has 0 aliphatic carbocycles. The van der Waals surface area contributed by atoms with Crippen LogP contribution in [0.4, 0.5) is 0 Å². The van der Waals surface area contributed by atoms with Gasteiger partial charge in [0.15, 0.2) is 0 Å². The molecule has 2 unspecified atom stereocenters. The zero-order chi connectivity index (χ0) is 12.2. The van der Waals surface area contributed by atoms with Crippen LogP contribution in [-0.2, 0) is 4.79 Å². The summed E-state index contributed by atoms with van der Waals surface area (Å²) in [6.45, 7) is 6.24. The van der Waals surface area contributed by atoms with E-state index in [1.54, 1.807) is 0 Å². The minimum absolute atomic E-state index is 0.104. The van der Waals surface area contributed by atoms with Gasteiger partial charge in [0.25, 0.3) is 0 Å². The number of carbonyl (C=O) groups excluding carboxylic acids is 1. The van der Waals surface area contributed by atoms with Crippen molar-refractivity contribution in [2.24, 2.45) is 11.8 Å². The average molecular weight is 229 g/mol. The zero-order valence-electron chi connectivity index (χ0n) is 10.2. The van der Waals surface area contributed by atoms with Crippen LogP contribution in [0.5, 0.6) is 0 Å². The lowest BCUT2D eigenvalue weighted by atomic mass is 9.98. The molecule has 1 aliphatic heterocycles. The van der Waals surface area contributed by atoms with Crippen molar-refractivity contribution < 1.29 is 9.90 Å². The number of carbonyl (C=O) groups is 1. The summed E-state index contributed by atoms with van der Waals surface area (Å²) < 4.78 is 0. The highest BCUT2D eigenvalue weighted by molar-refractivity contribution is 5.77. The number of hydrogen-bond donors (Lipinski definition) is 3. The van der Waals surface area contributed by atoms with Gasteiger partial charge in [0, 0.05) is 19.0 Å². The van der Waals surface area contributed by atoms with Crippen LogP contribution in [0.1, 0.15) is 33.1 Å². The Balaban J connectivity index is 2.41. The molecule has 2 atom stereocenters. The Hall–Kier alpha value is -0.650. The SMILES string of the molecule is CC(CN1CCCC(C)(O)CC1)C(=O)NN. The summed E-state index contributed by atoms with van der Waals surface area (Å²) in [5, 5.41) is 9.94. The lowest BCUT2D eigenvalue weighted by Crippen LogP contribution is -2.41. The van der Waals surface area contributed by atoms with E-state index in [0.717, 1.165) is 32.4 Å². The van der Waals surface area contributed by atoms with Crippen LogP contribution in [0, 0.1) is 5.92 Å². The predicted octanol–water partition coefficient (Wildman–Crippen LogP) is -0.151. The molecule has 5 heteroatoms. The first-order valence-corrected chi connectivity index (χ1v) is 5.90. The van der Waals surface area contributed by atoms with E-state index in [1.807, 2.05) is 13.8 Å². The molecule has 1 heterocycles. The van der Waals surface area contributed by atoms with Gasteiger partial charge in [-0.3, -0.25) is 10.2 Å². The summed E-state index contributed by atoms with van der Waals surface area (Å²) in [6, 6.07) is 0. The first-order chi connectivity index (χ1) is 7.44. The Kier molecular flexibility index (Phi) is 4.70. The molecule has 1 aliphatic rings. The monoisotopic (exact) mass is 229 g/mol. The molecular weight excluding hydrogens is 206 g/mol. The largest absolute Gasteiger partial charge is 0.390 e. The number of nitrogens with one attached hydrogen (secondary N) is 1. The van der Waals surface area contributed by atoms with E-state index in [-0.39, 0.29) is 11.8 Å². The fourth-order valence-corrected chi connectivity index (χ4v) is 2.11. The molecule has 0 aromatic rings. The van der Waals surface area contributed by atoms with Gasteiger partial charge in [-0.25, -0.2) is 5.84 Å². The third-order valence-electron chi connectivity index (χ3n) is 3.28. The third-order valence-corrected chi connectivity index (χ3v) is 3.28. The number of nitrogens with two attached hydrogens (primary N) is 1. The third kappa shape index (κ3) is 4.08. The molecular formula is C11H23N3O2. The maximum Gasteiger partial charge on any atom is 0.237 e. The number of hydrogen-bond acceptors (Lipinski definition) is 4. The normalized spacial score (nSPS) is 29.5. The van der Waals surface area contributed by atoms with Gasteiger partial charge in [-0.05, 0) is 32.7 Å². The average Bonchev–Trinajstić information content (AvgIpc) is 2.39. The number of aliphatic hydroxyl groups is 1. The van der Waals surface area contributed by atoms with Crippen LogP contribution >= 0.6 is 0 Å². The maximum atomic E-state index is 11.3. The lowest BCUT2D eigenvalue weighted by molar-refractivity contribution is -0.125. The van der Waals surface area contributed by atoms with E-state index in [1.165, 1.54) is 0 Å². The molecule has 16 heavy (non-hydrogen) atoms. The highest BCUT2D eigenvalue weighted by Gasteiger charge is 2.26. The molecule has 5 nitrogen and oxygen atoms in total. The van der Waals surface area contributed by atoms with E-state index in [2.05, 4.69) is 10.3 Å². The van der Waals surface area contributed by atoms with E-state index >= 15 is 0 Å². The molecule has 0 aromatic carbocycles. The Bertz CT molecular complexity index is 243. The summed E-state index contributed by atoms with van der Waals surface area (Å²) in [5.74, 6) is 4.86. The first kappa shape index (κ1) is 13.4. The Morgan fingerprint density at radius 3 is 2.88 bits per heavy atom. The van der Waals surface area contributed by atoms with Gasteiger partial charge in [-0.15, -0.1) is 0 Å². The highest BCUT2D eigenvalue weighted by Crippen LogP contribution is 2.21. The summed E-state index contributed by atoms with van der Waals surface area (Å²) in [6.07, 6.45) is 2.58. The topological polar surface area (TPSA) is 78.6 Å². The van der Waals surface area contributed by atoms with Crippen LogP contribution in [0.2, 0.25) is 0 Å². The van der Waals surface area contributed by atoms with Crippen molar-refractivity contribution in [3.05, 3.63) is 0 Å². The summed E-state index contributed by atoms with van der Waals surface area (Å²) in [5.41, 5.74) is 1.62. The number of amides is 1. The van der Waals surface area contributed by atoms with Gasteiger partial charge < -0.3 is 10.0 Å². The molecule has 1 fully saturated rings. The summed E-state index contributed by atoms with van der Waals surface area (Å²) in [4.78, 5) is 13.5. The van der Waals surface area contributed by atoms with Crippen LogP contribution in [0.3, 0.4) is 0 Å². The molecule has 0 radical (unpaired) electrons. The van der Waals surface area contributed by atoms with Crippen molar-refractivity contribution in [1.29, 1.82) is 0 Å². The van der Waals surface area contributed by atoms with Gasteiger partial charge in [0.2, 0.25) is 5.91 Å². The molecule has 1 amide bonds. The standard InChI is InChI=1S/C11H23N3O2/c1-9(10(15)13-12)8-14-6-3-4-11(2,16)5-7-14/h9,16H,3-8,12H2,1-2H3,(H,13,15). The van der Waals surface area contributed by atoms with Crippen LogP contribution < -0.4 is 11.3 Å². The van der Waals surface area contributed by atoms with Crippen LogP contribution in [-0.4, -0.2) is 41.1 Å². The maximum absolute atomic E-state index is 11.3.